The van der Waals surface area contributed by atoms with Crippen LogP contribution in [0.1, 0.15) is 34.4 Å². The number of nitrogens with zero attached hydrogens (tertiary/aromatic N) is 6. The highest BCUT2D eigenvalue weighted by molar-refractivity contribution is 6.03. The maximum atomic E-state index is 12.7. The van der Waals surface area contributed by atoms with Crippen LogP contribution < -0.4 is 15.5 Å². The Bertz CT molecular complexity index is 1120. The molecule has 1 aromatic carbocycles. The van der Waals surface area contributed by atoms with Gasteiger partial charge in [0.05, 0.1) is 12.8 Å². The van der Waals surface area contributed by atoms with Crippen molar-refractivity contribution >= 4 is 29.5 Å². The lowest BCUT2D eigenvalue weighted by Gasteiger charge is -2.34. The van der Waals surface area contributed by atoms with Crippen molar-refractivity contribution in [1.82, 2.24) is 24.8 Å². The van der Waals surface area contributed by atoms with Gasteiger partial charge in [-0.3, -0.25) is 15.0 Å². The fourth-order valence-corrected chi connectivity index (χ4v) is 3.80. The van der Waals surface area contributed by atoms with Gasteiger partial charge in [0.1, 0.15) is 5.82 Å². The summed E-state index contributed by atoms with van der Waals surface area (Å²) >= 11 is 0. The second-order valence-electron chi connectivity index (χ2n) is 8.16. The average Bonchev–Trinajstić information content (AvgIpc) is 3.30. The number of oxazole rings is 1. The first-order chi connectivity index (χ1) is 16.5. The molecule has 11 heteroatoms. The van der Waals surface area contributed by atoms with E-state index in [-0.39, 0.29) is 24.3 Å². The Labute approximate surface area is 198 Å². The summed E-state index contributed by atoms with van der Waals surface area (Å²) in [5, 5.41) is 15.0. The molecule has 1 aliphatic heterocycles. The van der Waals surface area contributed by atoms with E-state index in [9.17, 15) is 4.79 Å². The van der Waals surface area contributed by atoms with Crippen molar-refractivity contribution in [2.45, 2.75) is 27.2 Å². The maximum absolute atomic E-state index is 12.7. The molecule has 1 fully saturated rings. The van der Waals surface area contributed by atoms with Gasteiger partial charge in [-0.05, 0) is 25.0 Å². The number of rotatable bonds is 8. The molecule has 0 bridgehead atoms. The van der Waals surface area contributed by atoms with Crippen molar-refractivity contribution in [2.24, 2.45) is 0 Å². The Morgan fingerprint density at radius 2 is 1.85 bits per heavy atom. The summed E-state index contributed by atoms with van der Waals surface area (Å²) < 4.78 is 5.62. The fourth-order valence-electron chi connectivity index (χ4n) is 3.80. The van der Waals surface area contributed by atoms with E-state index >= 15 is 0 Å². The lowest BCUT2D eigenvalue weighted by atomic mass is 10.1. The third-order valence-corrected chi connectivity index (χ3v) is 5.73. The van der Waals surface area contributed by atoms with Crippen LogP contribution in [0.2, 0.25) is 0 Å². The molecule has 3 heterocycles. The van der Waals surface area contributed by atoms with E-state index in [1.165, 1.54) is 6.20 Å². The number of para-hydroxylation sites is 1. The fraction of sp³-hybridized carbons (Fsp3) is 0.435. The number of anilines is 4. The molecular formula is C23H30N8O3. The van der Waals surface area contributed by atoms with Crippen molar-refractivity contribution in [3.8, 4) is 0 Å². The lowest BCUT2D eigenvalue weighted by molar-refractivity contribution is 0.0997. The minimum Gasteiger partial charge on any atom is -0.418 e. The van der Waals surface area contributed by atoms with Gasteiger partial charge in [-0.2, -0.15) is 15.0 Å². The summed E-state index contributed by atoms with van der Waals surface area (Å²) in [6.45, 7) is 9.84. The number of hydrogen-bond acceptors (Lipinski definition) is 10. The maximum Gasteiger partial charge on any atom is 0.302 e. The number of aliphatic hydroxyl groups excluding tert-OH is 1. The third kappa shape index (κ3) is 5.49. The number of aromatic nitrogens is 4. The highest BCUT2D eigenvalue weighted by Crippen LogP contribution is 2.22. The summed E-state index contributed by atoms with van der Waals surface area (Å²) in [6, 6.07) is 5.94. The van der Waals surface area contributed by atoms with Gasteiger partial charge in [-0.15, -0.1) is 0 Å². The number of hydrogen-bond donors (Lipinski definition) is 3. The molecule has 1 saturated heterocycles. The van der Waals surface area contributed by atoms with Crippen molar-refractivity contribution in [3.63, 3.8) is 0 Å². The minimum atomic E-state index is -0.385. The normalized spacial score (nSPS) is 14.3. The third-order valence-electron chi connectivity index (χ3n) is 5.73. The Morgan fingerprint density at radius 1 is 1.12 bits per heavy atom. The molecule has 0 aliphatic carbocycles. The van der Waals surface area contributed by atoms with E-state index in [1.54, 1.807) is 0 Å². The van der Waals surface area contributed by atoms with Crippen LogP contribution in [0.15, 0.2) is 28.8 Å². The standard InChI is InChI=1S/C23H30N8O3/c1-4-18-25-21(28-22(26-18)31-10-8-30(9-11-31)12-13-32)29-23-24-14-17(34-23)20(33)27-19-15(2)6-5-7-16(19)3/h5-7,14,32H,4,8-13H2,1-3H3,(H,27,33)(H,24,25,26,28,29). The van der Waals surface area contributed by atoms with E-state index in [4.69, 9.17) is 9.52 Å². The zero-order valence-electron chi connectivity index (χ0n) is 19.7. The summed E-state index contributed by atoms with van der Waals surface area (Å²) in [7, 11) is 0. The molecule has 3 aromatic rings. The summed E-state index contributed by atoms with van der Waals surface area (Å²) in [4.78, 5) is 34.7. The van der Waals surface area contributed by atoms with Crippen molar-refractivity contribution in [3.05, 3.63) is 47.1 Å². The second-order valence-corrected chi connectivity index (χ2v) is 8.16. The number of β-amino-alcohol motifs (C(OH)–C–C–N with tert-alkyl or cyclic N) is 1. The molecule has 180 valence electrons. The van der Waals surface area contributed by atoms with Crippen LogP contribution in [0.4, 0.5) is 23.6 Å². The number of carbonyl (C=O) groups excluding carboxylic acids is 1. The highest BCUT2D eigenvalue weighted by Gasteiger charge is 2.21. The molecule has 1 amide bonds. The van der Waals surface area contributed by atoms with Crippen LogP contribution in [0.3, 0.4) is 0 Å². The number of nitrogens with one attached hydrogen (secondary N) is 2. The highest BCUT2D eigenvalue weighted by atomic mass is 16.4. The van der Waals surface area contributed by atoms with E-state index in [1.807, 2.05) is 39.0 Å². The first-order valence-corrected chi connectivity index (χ1v) is 11.4. The quantitative estimate of drug-likeness (QED) is 0.453. The molecule has 11 nitrogen and oxygen atoms in total. The van der Waals surface area contributed by atoms with Crippen LogP contribution in [-0.2, 0) is 6.42 Å². The predicted octanol–water partition coefficient (Wildman–Crippen LogP) is 2.15. The SMILES string of the molecule is CCc1nc(Nc2ncc(C(=O)Nc3c(C)cccc3C)o2)nc(N2CCN(CCO)CC2)n1. The number of aliphatic hydroxyl groups is 1. The molecule has 0 unspecified atom stereocenters. The zero-order valence-corrected chi connectivity index (χ0v) is 19.7. The summed E-state index contributed by atoms with van der Waals surface area (Å²) in [5.74, 6) is 1.23. The molecule has 3 N–H and O–H groups in total. The number of benzene rings is 1. The van der Waals surface area contributed by atoms with Gasteiger partial charge in [-0.25, -0.2) is 4.98 Å². The van der Waals surface area contributed by atoms with Gasteiger partial charge in [0, 0.05) is 44.8 Å². The molecule has 0 radical (unpaired) electrons. The van der Waals surface area contributed by atoms with Crippen LogP contribution in [0.5, 0.6) is 0 Å². The van der Waals surface area contributed by atoms with Crippen LogP contribution in [-0.4, -0.2) is 75.2 Å². The molecule has 4 rings (SSSR count). The van der Waals surface area contributed by atoms with Gasteiger partial charge < -0.3 is 19.7 Å². The van der Waals surface area contributed by atoms with Crippen LogP contribution in [0.25, 0.3) is 0 Å². The summed E-state index contributed by atoms with van der Waals surface area (Å²) in [5.41, 5.74) is 2.69. The molecule has 1 aliphatic rings. The minimum absolute atomic E-state index is 0.0788. The monoisotopic (exact) mass is 466 g/mol. The molecular weight excluding hydrogens is 436 g/mol. The van der Waals surface area contributed by atoms with E-state index in [0.29, 0.717) is 30.7 Å². The molecule has 0 atom stereocenters. The van der Waals surface area contributed by atoms with Gasteiger partial charge in [0.2, 0.25) is 17.7 Å². The van der Waals surface area contributed by atoms with E-state index in [0.717, 1.165) is 43.0 Å². The summed E-state index contributed by atoms with van der Waals surface area (Å²) in [6.07, 6.45) is 2.01. The molecule has 0 saturated carbocycles. The zero-order chi connectivity index (χ0) is 24.1. The Balaban J connectivity index is 1.46. The molecule has 0 spiro atoms. The smallest absolute Gasteiger partial charge is 0.302 e. The van der Waals surface area contributed by atoms with Gasteiger partial charge in [-0.1, -0.05) is 25.1 Å². The molecule has 2 aromatic heterocycles. The van der Waals surface area contributed by atoms with E-state index in [2.05, 4.69) is 40.4 Å². The number of aryl methyl sites for hydroxylation is 3. The first-order valence-electron chi connectivity index (χ1n) is 11.4. The number of piperazine rings is 1. The molecule has 34 heavy (non-hydrogen) atoms. The van der Waals surface area contributed by atoms with Gasteiger partial charge in [0.15, 0.2) is 0 Å². The number of carbonyl (C=O) groups is 1. The van der Waals surface area contributed by atoms with Crippen molar-refractivity contribution < 1.29 is 14.3 Å². The second kappa shape index (κ2) is 10.6. The topological polar surface area (TPSA) is 133 Å². The van der Waals surface area contributed by atoms with E-state index < -0.39 is 0 Å². The lowest BCUT2D eigenvalue weighted by Crippen LogP contribution is -2.47. The number of amides is 1. The van der Waals surface area contributed by atoms with Gasteiger partial charge >= 0.3 is 6.01 Å². The van der Waals surface area contributed by atoms with Crippen LogP contribution in [0, 0.1) is 13.8 Å². The Hall–Kier alpha value is -3.57. The average molecular weight is 467 g/mol. The Morgan fingerprint density at radius 3 is 2.53 bits per heavy atom. The predicted molar refractivity (Wildman–Crippen MR) is 129 cm³/mol. The largest absolute Gasteiger partial charge is 0.418 e. The Kier molecular flexibility index (Phi) is 7.33. The van der Waals surface area contributed by atoms with Gasteiger partial charge in [0.25, 0.3) is 5.91 Å². The van der Waals surface area contributed by atoms with Crippen LogP contribution >= 0.6 is 0 Å². The first kappa shape index (κ1) is 23.6. The van der Waals surface area contributed by atoms with Crippen molar-refractivity contribution in [1.29, 1.82) is 0 Å². The van der Waals surface area contributed by atoms with Crippen molar-refractivity contribution in [2.75, 3.05) is 54.9 Å².